The molecule has 1 aliphatic heterocycles. The third-order valence-corrected chi connectivity index (χ3v) is 5.66. The second-order valence-electron chi connectivity index (χ2n) is 7.48. The molecule has 0 aliphatic carbocycles. The number of rotatable bonds is 8. The van der Waals surface area contributed by atoms with E-state index in [1.54, 1.807) is 23.1 Å². The minimum atomic E-state index is -0.703. The Balaban J connectivity index is 2.24. The number of Topliss-reactive ketones (excluding diaryl/α,β-unsaturated/α-hetero) is 1. The molecule has 3 rings (SSSR count). The van der Waals surface area contributed by atoms with Crippen LogP contribution in [0.4, 0.5) is 0 Å². The SMILES string of the molecule is CCCCN1C(=O)C(=O)/C(=C(/O)c2c(OC)cccc2OC)C1c1ccc(CC)cc1. The second kappa shape index (κ2) is 9.69. The molecule has 0 spiro atoms. The number of hydrogen-bond acceptors (Lipinski definition) is 5. The molecule has 1 N–H and O–H groups in total. The molecule has 0 radical (unpaired) electrons. The fourth-order valence-corrected chi connectivity index (χ4v) is 3.94. The molecule has 0 aromatic heterocycles. The van der Waals surface area contributed by atoms with Crippen LogP contribution in [0, 0.1) is 0 Å². The van der Waals surface area contributed by atoms with Crippen LogP contribution in [0.15, 0.2) is 48.0 Å². The summed E-state index contributed by atoms with van der Waals surface area (Å²) in [6, 6.07) is 12.2. The Hall–Kier alpha value is -3.28. The van der Waals surface area contributed by atoms with E-state index in [1.165, 1.54) is 14.2 Å². The smallest absolute Gasteiger partial charge is 0.295 e. The van der Waals surface area contributed by atoms with Crippen molar-refractivity contribution < 1.29 is 24.2 Å². The molecular weight excluding hydrogens is 394 g/mol. The number of carbonyl (C=O) groups is 2. The van der Waals surface area contributed by atoms with E-state index in [0.717, 1.165) is 30.4 Å². The zero-order valence-corrected chi connectivity index (χ0v) is 18.5. The van der Waals surface area contributed by atoms with Crippen LogP contribution in [0.5, 0.6) is 11.5 Å². The molecule has 6 nitrogen and oxygen atoms in total. The molecule has 1 heterocycles. The molecule has 1 fully saturated rings. The minimum absolute atomic E-state index is 0.0492. The first-order chi connectivity index (χ1) is 15.0. The van der Waals surface area contributed by atoms with Crippen LogP contribution in [0.1, 0.15) is 49.4 Å². The highest BCUT2D eigenvalue weighted by Gasteiger charge is 2.46. The summed E-state index contributed by atoms with van der Waals surface area (Å²) in [5.74, 6) is -0.885. The number of aliphatic hydroxyl groups excluding tert-OH is 1. The topological polar surface area (TPSA) is 76.1 Å². The van der Waals surface area contributed by atoms with E-state index in [-0.39, 0.29) is 16.9 Å². The van der Waals surface area contributed by atoms with Gasteiger partial charge in [0.2, 0.25) is 0 Å². The summed E-state index contributed by atoms with van der Waals surface area (Å²) in [4.78, 5) is 27.6. The molecule has 1 unspecified atom stereocenters. The van der Waals surface area contributed by atoms with Crippen LogP contribution < -0.4 is 9.47 Å². The van der Waals surface area contributed by atoms with Gasteiger partial charge >= 0.3 is 0 Å². The van der Waals surface area contributed by atoms with Crippen LogP contribution in [-0.2, 0) is 16.0 Å². The predicted octanol–water partition coefficient (Wildman–Crippen LogP) is 4.49. The molecule has 1 saturated heterocycles. The monoisotopic (exact) mass is 423 g/mol. The zero-order valence-electron chi connectivity index (χ0n) is 18.5. The van der Waals surface area contributed by atoms with E-state index < -0.39 is 17.7 Å². The first-order valence-corrected chi connectivity index (χ1v) is 10.6. The molecule has 6 heteroatoms. The Labute approximate surface area is 183 Å². The molecule has 2 aromatic carbocycles. The maximum atomic E-state index is 13.1. The number of amides is 1. The van der Waals surface area contributed by atoms with Crippen molar-refractivity contribution in [3.8, 4) is 11.5 Å². The molecule has 0 bridgehead atoms. The van der Waals surface area contributed by atoms with Crippen molar-refractivity contribution in [1.82, 2.24) is 4.90 Å². The standard InChI is InChI=1S/C25H29NO5/c1-5-7-15-26-22(17-13-11-16(6-2)12-14-17)21(24(28)25(26)29)23(27)20-18(30-3)9-8-10-19(20)31-4/h8-14,22,27H,5-7,15H2,1-4H3/b23-21+. The molecule has 1 amide bonds. The van der Waals surface area contributed by atoms with Gasteiger partial charge in [0, 0.05) is 6.54 Å². The predicted molar refractivity (Wildman–Crippen MR) is 119 cm³/mol. The van der Waals surface area contributed by atoms with Crippen LogP contribution in [0.25, 0.3) is 5.76 Å². The Morgan fingerprint density at radius 2 is 1.61 bits per heavy atom. The van der Waals surface area contributed by atoms with Gasteiger partial charge in [-0.25, -0.2) is 0 Å². The lowest BCUT2D eigenvalue weighted by atomic mass is 9.93. The summed E-state index contributed by atoms with van der Waals surface area (Å²) < 4.78 is 10.8. The molecule has 164 valence electrons. The van der Waals surface area contributed by atoms with Gasteiger partial charge in [-0.2, -0.15) is 0 Å². The fraction of sp³-hybridized carbons (Fsp3) is 0.360. The largest absolute Gasteiger partial charge is 0.506 e. The van der Waals surface area contributed by atoms with Crippen molar-refractivity contribution >= 4 is 17.4 Å². The molecule has 2 aromatic rings. The van der Waals surface area contributed by atoms with E-state index in [2.05, 4.69) is 6.92 Å². The highest BCUT2D eigenvalue weighted by molar-refractivity contribution is 6.46. The fourth-order valence-electron chi connectivity index (χ4n) is 3.94. The lowest BCUT2D eigenvalue weighted by molar-refractivity contribution is -0.139. The summed E-state index contributed by atoms with van der Waals surface area (Å²) in [7, 11) is 2.96. The Morgan fingerprint density at radius 1 is 1.00 bits per heavy atom. The van der Waals surface area contributed by atoms with Gasteiger partial charge in [-0.1, -0.05) is 50.6 Å². The van der Waals surface area contributed by atoms with E-state index in [9.17, 15) is 14.7 Å². The van der Waals surface area contributed by atoms with Crippen molar-refractivity contribution in [2.24, 2.45) is 0 Å². The van der Waals surface area contributed by atoms with E-state index in [1.807, 2.05) is 31.2 Å². The third kappa shape index (κ3) is 4.15. The van der Waals surface area contributed by atoms with Crippen LogP contribution in [0.2, 0.25) is 0 Å². The molecule has 31 heavy (non-hydrogen) atoms. The van der Waals surface area contributed by atoms with E-state index in [0.29, 0.717) is 18.0 Å². The van der Waals surface area contributed by atoms with Gasteiger partial charge in [-0.3, -0.25) is 9.59 Å². The number of methoxy groups -OCH3 is 2. The summed E-state index contributed by atoms with van der Waals surface area (Å²) in [6.45, 7) is 4.53. The quantitative estimate of drug-likeness (QED) is 0.385. The van der Waals surface area contributed by atoms with Gasteiger partial charge in [0.05, 0.1) is 25.8 Å². The van der Waals surface area contributed by atoms with E-state index >= 15 is 0 Å². The maximum absolute atomic E-state index is 13.1. The van der Waals surface area contributed by atoms with Crippen molar-refractivity contribution in [3.05, 3.63) is 64.7 Å². The van der Waals surface area contributed by atoms with Gasteiger partial charge < -0.3 is 19.5 Å². The summed E-state index contributed by atoms with van der Waals surface area (Å²) in [5, 5.41) is 11.3. The van der Waals surface area contributed by atoms with Crippen molar-refractivity contribution in [1.29, 1.82) is 0 Å². The number of benzene rings is 2. The van der Waals surface area contributed by atoms with Gasteiger partial charge in [-0.15, -0.1) is 0 Å². The number of carbonyl (C=O) groups excluding carboxylic acids is 2. The second-order valence-corrected chi connectivity index (χ2v) is 7.48. The Morgan fingerprint density at radius 3 is 2.13 bits per heavy atom. The van der Waals surface area contributed by atoms with Crippen LogP contribution in [0.3, 0.4) is 0 Å². The van der Waals surface area contributed by atoms with E-state index in [4.69, 9.17) is 9.47 Å². The number of aryl methyl sites for hydroxylation is 1. The summed E-state index contributed by atoms with van der Waals surface area (Å²) in [5.41, 5.74) is 2.24. The number of ketones is 1. The Bertz CT molecular complexity index is 971. The van der Waals surface area contributed by atoms with Gasteiger partial charge in [0.25, 0.3) is 11.7 Å². The number of aliphatic hydroxyl groups is 1. The highest BCUT2D eigenvalue weighted by atomic mass is 16.5. The molecule has 1 atom stereocenters. The number of ether oxygens (including phenoxy) is 2. The van der Waals surface area contributed by atoms with Gasteiger partial charge in [-0.05, 0) is 36.1 Å². The number of hydrogen-bond donors (Lipinski definition) is 1. The zero-order chi connectivity index (χ0) is 22.5. The van der Waals surface area contributed by atoms with Gasteiger partial charge in [0.15, 0.2) is 0 Å². The average molecular weight is 424 g/mol. The molecular formula is C25H29NO5. The van der Waals surface area contributed by atoms with Crippen molar-refractivity contribution in [3.63, 3.8) is 0 Å². The summed E-state index contributed by atoms with van der Waals surface area (Å²) >= 11 is 0. The van der Waals surface area contributed by atoms with Gasteiger partial charge in [0.1, 0.15) is 22.8 Å². The number of nitrogens with zero attached hydrogens (tertiary/aromatic N) is 1. The third-order valence-electron chi connectivity index (χ3n) is 5.66. The highest BCUT2D eigenvalue weighted by Crippen LogP contribution is 2.43. The van der Waals surface area contributed by atoms with Crippen LogP contribution in [-0.4, -0.2) is 42.5 Å². The summed E-state index contributed by atoms with van der Waals surface area (Å²) in [6.07, 6.45) is 2.52. The lowest BCUT2D eigenvalue weighted by Crippen LogP contribution is -2.30. The van der Waals surface area contributed by atoms with Crippen molar-refractivity contribution in [2.75, 3.05) is 20.8 Å². The number of unbranched alkanes of at least 4 members (excludes halogenated alkanes) is 1. The van der Waals surface area contributed by atoms with Crippen molar-refractivity contribution in [2.45, 2.75) is 39.2 Å². The Kier molecular flexibility index (Phi) is 7.00. The first kappa shape index (κ1) is 22.4. The first-order valence-electron chi connectivity index (χ1n) is 10.6. The maximum Gasteiger partial charge on any atom is 0.295 e. The average Bonchev–Trinajstić information content (AvgIpc) is 3.06. The molecule has 0 saturated carbocycles. The number of likely N-dealkylation sites (tertiary alicyclic amines) is 1. The normalized spacial score (nSPS) is 17.8. The minimum Gasteiger partial charge on any atom is -0.506 e. The van der Waals surface area contributed by atoms with Crippen LogP contribution >= 0.6 is 0 Å². The molecule has 1 aliphatic rings. The lowest BCUT2D eigenvalue weighted by Gasteiger charge is -2.25.